The van der Waals surface area contributed by atoms with E-state index in [0.29, 0.717) is 11.7 Å². The molecule has 0 amide bonds. The molecule has 0 aliphatic heterocycles. The van der Waals surface area contributed by atoms with E-state index in [1.165, 1.54) is 11.8 Å². The van der Waals surface area contributed by atoms with Crippen LogP contribution >= 0.6 is 11.8 Å². The van der Waals surface area contributed by atoms with Gasteiger partial charge in [-0.05, 0) is 26.7 Å². The Balaban J connectivity index is 3.65. The minimum Gasteiger partial charge on any atom is -0.459 e. The van der Waals surface area contributed by atoms with E-state index < -0.39 is 5.60 Å². The molecule has 0 fully saturated rings. The highest BCUT2D eigenvalue weighted by atomic mass is 32.2. The number of hydrogen-bond acceptors (Lipinski definition) is 4. The van der Waals surface area contributed by atoms with Gasteiger partial charge >= 0.3 is 5.97 Å². The molecule has 0 spiro atoms. The van der Waals surface area contributed by atoms with Crippen molar-refractivity contribution in [3.8, 4) is 0 Å². The summed E-state index contributed by atoms with van der Waals surface area (Å²) in [6.07, 6.45) is 0. The van der Waals surface area contributed by atoms with Gasteiger partial charge in [0, 0.05) is 11.8 Å². The van der Waals surface area contributed by atoms with E-state index in [0.717, 1.165) is 5.75 Å². The third kappa shape index (κ3) is 8.75. The van der Waals surface area contributed by atoms with Crippen LogP contribution in [-0.2, 0) is 9.53 Å². The van der Waals surface area contributed by atoms with Crippen molar-refractivity contribution >= 4 is 17.7 Å². The van der Waals surface area contributed by atoms with E-state index in [9.17, 15) is 4.79 Å². The molecule has 0 saturated heterocycles. The Bertz CT molecular complexity index is 199. The van der Waals surface area contributed by atoms with Gasteiger partial charge in [-0.15, -0.1) is 11.8 Å². The fourth-order valence-electron chi connectivity index (χ4n) is 0.842. The van der Waals surface area contributed by atoms with Crippen LogP contribution in [0.25, 0.3) is 0 Å². The first-order valence-electron chi connectivity index (χ1n) is 5.27. The first kappa shape index (κ1) is 14.8. The number of esters is 1. The van der Waals surface area contributed by atoms with Crippen molar-refractivity contribution in [3.63, 3.8) is 0 Å². The lowest BCUT2D eigenvalue weighted by Gasteiger charge is -2.20. The summed E-state index contributed by atoms with van der Waals surface area (Å²) in [4.78, 5) is 11.3. The van der Waals surface area contributed by atoms with Gasteiger partial charge in [-0.1, -0.05) is 13.8 Å². The van der Waals surface area contributed by atoms with Crippen LogP contribution in [0.2, 0.25) is 0 Å². The van der Waals surface area contributed by atoms with E-state index in [4.69, 9.17) is 10.5 Å². The zero-order valence-electron chi connectivity index (χ0n) is 10.4. The molecule has 0 rings (SSSR count). The zero-order valence-corrected chi connectivity index (χ0v) is 11.2. The molecule has 0 bridgehead atoms. The van der Waals surface area contributed by atoms with E-state index in [1.807, 2.05) is 20.8 Å². The maximum atomic E-state index is 11.3. The van der Waals surface area contributed by atoms with Crippen LogP contribution in [0.5, 0.6) is 0 Å². The van der Waals surface area contributed by atoms with Gasteiger partial charge in [0.2, 0.25) is 0 Å². The number of carbonyl (C=O) groups is 1. The molecule has 0 aliphatic carbocycles. The molecular formula is C11H23NO2S. The Labute approximate surface area is 97.1 Å². The molecule has 3 nitrogen and oxygen atoms in total. The topological polar surface area (TPSA) is 52.3 Å². The molecular weight excluding hydrogens is 210 g/mol. The van der Waals surface area contributed by atoms with Gasteiger partial charge in [-0.3, -0.25) is 4.79 Å². The lowest BCUT2D eigenvalue weighted by Crippen LogP contribution is -2.30. The summed E-state index contributed by atoms with van der Waals surface area (Å²) in [6.45, 7) is 9.78. The summed E-state index contributed by atoms with van der Waals surface area (Å²) in [5.41, 5.74) is 5.47. The van der Waals surface area contributed by atoms with E-state index in [2.05, 4.69) is 13.8 Å². The van der Waals surface area contributed by atoms with Crippen LogP contribution in [0.3, 0.4) is 0 Å². The molecule has 0 radical (unpaired) electrons. The van der Waals surface area contributed by atoms with Gasteiger partial charge in [0.05, 0.1) is 5.75 Å². The second kappa shape index (κ2) is 6.38. The van der Waals surface area contributed by atoms with Crippen molar-refractivity contribution in [1.29, 1.82) is 0 Å². The Morgan fingerprint density at radius 1 is 1.40 bits per heavy atom. The Morgan fingerprint density at radius 2 is 1.93 bits per heavy atom. The predicted octanol–water partition coefficient (Wildman–Crippen LogP) is 2.04. The van der Waals surface area contributed by atoms with E-state index in [1.54, 1.807) is 0 Å². The maximum Gasteiger partial charge on any atom is 0.316 e. The molecule has 0 aromatic rings. The average Bonchev–Trinajstić information content (AvgIpc) is 2.00. The Hall–Kier alpha value is -0.220. The van der Waals surface area contributed by atoms with Crippen LogP contribution in [0.4, 0.5) is 0 Å². The molecule has 0 aliphatic rings. The van der Waals surface area contributed by atoms with E-state index in [-0.39, 0.29) is 12.0 Å². The van der Waals surface area contributed by atoms with Crippen LogP contribution in [0.1, 0.15) is 34.6 Å². The Kier molecular flexibility index (Phi) is 6.29. The van der Waals surface area contributed by atoms with Crippen LogP contribution in [-0.4, -0.2) is 29.1 Å². The summed E-state index contributed by atoms with van der Waals surface area (Å²) >= 11 is 1.54. The van der Waals surface area contributed by atoms with Crippen LogP contribution in [0, 0.1) is 5.92 Å². The molecule has 0 heterocycles. The Morgan fingerprint density at radius 3 is 2.33 bits per heavy atom. The van der Waals surface area contributed by atoms with Gasteiger partial charge in [0.25, 0.3) is 0 Å². The van der Waals surface area contributed by atoms with Gasteiger partial charge in [-0.2, -0.15) is 0 Å². The quantitative estimate of drug-likeness (QED) is 0.738. The number of carbonyl (C=O) groups excluding carboxylic acids is 1. The minimum atomic E-state index is -0.391. The second-order valence-electron chi connectivity index (χ2n) is 5.01. The minimum absolute atomic E-state index is 0.150. The molecule has 90 valence electrons. The molecule has 0 aromatic carbocycles. The number of ether oxygens (including phenoxy) is 1. The summed E-state index contributed by atoms with van der Waals surface area (Å²) in [6, 6.07) is 0.150. The molecule has 0 aromatic heterocycles. The SMILES string of the molecule is CC(C)C(N)CSCC(=O)OC(C)(C)C. The van der Waals surface area contributed by atoms with Gasteiger partial charge < -0.3 is 10.5 Å². The average molecular weight is 233 g/mol. The highest BCUT2D eigenvalue weighted by Crippen LogP contribution is 2.12. The summed E-state index contributed by atoms with van der Waals surface area (Å²) in [5, 5.41) is 0. The highest BCUT2D eigenvalue weighted by Gasteiger charge is 2.16. The smallest absolute Gasteiger partial charge is 0.316 e. The van der Waals surface area contributed by atoms with Crippen molar-refractivity contribution in [2.24, 2.45) is 11.7 Å². The van der Waals surface area contributed by atoms with E-state index >= 15 is 0 Å². The van der Waals surface area contributed by atoms with Gasteiger partial charge in [0.1, 0.15) is 5.60 Å². The largest absolute Gasteiger partial charge is 0.459 e. The first-order valence-corrected chi connectivity index (χ1v) is 6.43. The van der Waals surface area contributed by atoms with Crippen LogP contribution < -0.4 is 5.73 Å². The standard InChI is InChI=1S/C11H23NO2S/c1-8(2)9(12)6-15-7-10(13)14-11(3,4)5/h8-9H,6-7,12H2,1-5H3. The maximum absolute atomic E-state index is 11.3. The highest BCUT2D eigenvalue weighted by molar-refractivity contribution is 7.99. The van der Waals surface area contributed by atoms with Crippen LogP contribution in [0.15, 0.2) is 0 Å². The third-order valence-electron chi connectivity index (χ3n) is 1.81. The van der Waals surface area contributed by atoms with Crippen molar-refractivity contribution in [2.45, 2.75) is 46.3 Å². The van der Waals surface area contributed by atoms with Crippen molar-refractivity contribution in [2.75, 3.05) is 11.5 Å². The summed E-state index contributed by atoms with van der Waals surface area (Å²) in [7, 11) is 0. The normalized spacial score (nSPS) is 14.1. The fraction of sp³-hybridized carbons (Fsp3) is 0.909. The number of hydrogen-bond donors (Lipinski definition) is 1. The zero-order chi connectivity index (χ0) is 12.1. The van der Waals surface area contributed by atoms with Gasteiger partial charge in [0.15, 0.2) is 0 Å². The molecule has 4 heteroatoms. The van der Waals surface area contributed by atoms with Crippen molar-refractivity contribution in [1.82, 2.24) is 0 Å². The lowest BCUT2D eigenvalue weighted by atomic mass is 10.1. The molecule has 1 unspecified atom stereocenters. The first-order chi connectivity index (χ1) is 6.72. The second-order valence-corrected chi connectivity index (χ2v) is 6.04. The predicted molar refractivity (Wildman–Crippen MR) is 66.0 cm³/mol. The van der Waals surface area contributed by atoms with Gasteiger partial charge in [-0.25, -0.2) is 0 Å². The molecule has 2 N–H and O–H groups in total. The number of rotatable bonds is 5. The summed E-state index contributed by atoms with van der Waals surface area (Å²) < 4.78 is 5.18. The molecule has 0 saturated carbocycles. The fourth-order valence-corrected chi connectivity index (χ4v) is 1.84. The summed E-state index contributed by atoms with van der Waals surface area (Å²) in [5.74, 6) is 1.48. The monoisotopic (exact) mass is 233 g/mol. The third-order valence-corrected chi connectivity index (χ3v) is 2.87. The number of thioether (sulfide) groups is 1. The molecule has 1 atom stereocenters. The van der Waals surface area contributed by atoms with Crippen molar-refractivity contribution in [3.05, 3.63) is 0 Å². The number of nitrogens with two attached hydrogens (primary N) is 1. The lowest BCUT2D eigenvalue weighted by molar-refractivity contribution is -0.151. The van der Waals surface area contributed by atoms with Crippen molar-refractivity contribution < 1.29 is 9.53 Å². The molecule has 15 heavy (non-hydrogen) atoms.